The molecule has 0 aliphatic heterocycles. The summed E-state index contributed by atoms with van der Waals surface area (Å²) < 4.78 is 13.1. The molecule has 2 N–H and O–H groups in total. The molecule has 3 atom stereocenters. The van der Waals surface area contributed by atoms with Gasteiger partial charge in [-0.2, -0.15) is 0 Å². The van der Waals surface area contributed by atoms with E-state index in [9.17, 15) is 19.1 Å². The molecular weight excluding hydrogens is 297 g/mol. The number of amides is 1. The van der Waals surface area contributed by atoms with Crippen molar-refractivity contribution in [3.05, 3.63) is 29.0 Å². The summed E-state index contributed by atoms with van der Waals surface area (Å²) in [6.07, 6.45) is 1.94. The lowest BCUT2D eigenvalue weighted by Crippen LogP contribution is -2.30. The van der Waals surface area contributed by atoms with E-state index < -0.39 is 23.6 Å². The Morgan fingerprint density at radius 3 is 2.62 bits per heavy atom. The molecule has 0 heterocycles. The van der Waals surface area contributed by atoms with Crippen molar-refractivity contribution in [2.24, 2.45) is 17.8 Å². The molecule has 0 spiro atoms. The summed E-state index contributed by atoms with van der Waals surface area (Å²) in [5.74, 6) is -2.82. The van der Waals surface area contributed by atoms with Crippen LogP contribution in [0.15, 0.2) is 18.2 Å². The van der Waals surface area contributed by atoms with Crippen LogP contribution in [0.3, 0.4) is 0 Å². The Bertz CT molecular complexity index is 564. The van der Waals surface area contributed by atoms with Crippen molar-refractivity contribution in [3.63, 3.8) is 0 Å². The first-order chi connectivity index (χ1) is 9.92. The van der Waals surface area contributed by atoms with E-state index in [-0.39, 0.29) is 16.8 Å². The minimum absolute atomic E-state index is 0.0829. The molecule has 0 bridgehead atoms. The molecule has 1 unspecified atom stereocenters. The Balaban J connectivity index is 2.11. The van der Waals surface area contributed by atoms with Gasteiger partial charge in [0.25, 0.3) is 0 Å². The first-order valence-electron chi connectivity index (χ1n) is 6.91. The molecule has 1 fully saturated rings. The van der Waals surface area contributed by atoms with E-state index in [1.807, 2.05) is 6.92 Å². The first kappa shape index (κ1) is 15.8. The van der Waals surface area contributed by atoms with Gasteiger partial charge in [0.05, 0.1) is 16.9 Å². The van der Waals surface area contributed by atoms with Crippen LogP contribution in [0.4, 0.5) is 10.1 Å². The highest BCUT2D eigenvalue weighted by atomic mass is 35.5. The van der Waals surface area contributed by atoms with Gasteiger partial charge in [-0.05, 0) is 37.0 Å². The summed E-state index contributed by atoms with van der Waals surface area (Å²) in [5, 5.41) is 11.8. The van der Waals surface area contributed by atoms with Crippen LogP contribution in [0.2, 0.25) is 5.02 Å². The number of benzene rings is 1. The summed E-state index contributed by atoms with van der Waals surface area (Å²) >= 11 is 5.66. The zero-order valence-corrected chi connectivity index (χ0v) is 12.4. The van der Waals surface area contributed by atoms with Crippen molar-refractivity contribution in [2.45, 2.75) is 26.2 Å². The molecule has 6 heteroatoms. The zero-order chi connectivity index (χ0) is 15.6. The Morgan fingerprint density at radius 1 is 1.38 bits per heavy atom. The maximum absolute atomic E-state index is 13.1. The summed E-state index contributed by atoms with van der Waals surface area (Å²) in [6, 6.07) is 3.88. The molecule has 1 aliphatic carbocycles. The van der Waals surface area contributed by atoms with Crippen molar-refractivity contribution in [1.82, 2.24) is 0 Å². The molecule has 1 aliphatic rings. The Labute approximate surface area is 127 Å². The van der Waals surface area contributed by atoms with E-state index >= 15 is 0 Å². The van der Waals surface area contributed by atoms with Crippen molar-refractivity contribution in [2.75, 3.05) is 5.32 Å². The number of anilines is 1. The standard InChI is InChI=1S/C15H17ClFNO3/c1-2-8-5-10(11(6-8)15(20)21)14(19)18-9-3-4-13(17)12(16)7-9/h3-4,7-8,10-11H,2,5-6H2,1H3,(H,18,19)(H,20,21)/t8?,10-,11+/m0/s1. The van der Waals surface area contributed by atoms with Crippen LogP contribution in [-0.4, -0.2) is 17.0 Å². The van der Waals surface area contributed by atoms with E-state index in [4.69, 9.17) is 11.6 Å². The highest BCUT2D eigenvalue weighted by Crippen LogP contribution is 2.39. The molecule has 1 aromatic carbocycles. The third kappa shape index (κ3) is 3.53. The van der Waals surface area contributed by atoms with Gasteiger partial charge < -0.3 is 10.4 Å². The van der Waals surface area contributed by atoms with Crippen LogP contribution < -0.4 is 5.32 Å². The average Bonchev–Trinajstić information content (AvgIpc) is 2.87. The molecule has 1 aromatic rings. The van der Waals surface area contributed by atoms with E-state index in [1.54, 1.807) is 0 Å². The number of carbonyl (C=O) groups is 2. The summed E-state index contributed by atoms with van der Waals surface area (Å²) in [6.45, 7) is 1.99. The van der Waals surface area contributed by atoms with Gasteiger partial charge in [0.1, 0.15) is 5.82 Å². The predicted molar refractivity (Wildman–Crippen MR) is 77.7 cm³/mol. The SMILES string of the molecule is CCC1C[C@H](C(=O)Nc2ccc(F)c(Cl)c2)[C@H](C(=O)O)C1. The van der Waals surface area contributed by atoms with Gasteiger partial charge in [-0.3, -0.25) is 9.59 Å². The maximum atomic E-state index is 13.1. The molecule has 0 radical (unpaired) electrons. The highest BCUT2D eigenvalue weighted by Gasteiger charge is 2.42. The Kier molecular flexibility index (Phi) is 4.83. The molecule has 114 valence electrons. The van der Waals surface area contributed by atoms with Crippen molar-refractivity contribution < 1.29 is 19.1 Å². The second-order valence-electron chi connectivity index (χ2n) is 5.42. The van der Waals surface area contributed by atoms with Gasteiger partial charge in [-0.25, -0.2) is 4.39 Å². The van der Waals surface area contributed by atoms with Crippen LogP contribution in [0.1, 0.15) is 26.2 Å². The molecule has 0 saturated heterocycles. The van der Waals surface area contributed by atoms with Crippen molar-refractivity contribution in [1.29, 1.82) is 0 Å². The summed E-state index contributed by atoms with van der Waals surface area (Å²) in [5.41, 5.74) is 0.371. The van der Waals surface area contributed by atoms with Gasteiger partial charge in [-0.15, -0.1) is 0 Å². The second kappa shape index (κ2) is 6.43. The van der Waals surface area contributed by atoms with E-state index in [0.717, 1.165) is 12.5 Å². The normalized spacial score (nSPS) is 24.8. The van der Waals surface area contributed by atoms with Gasteiger partial charge in [0, 0.05) is 5.69 Å². The average molecular weight is 314 g/mol. The van der Waals surface area contributed by atoms with Crippen LogP contribution >= 0.6 is 11.6 Å². The predicted octanol–water partition coefficient (Wildman–Crippen LogP) is 3.55. The number of carbonyl (C=O) groups excluding carboxylic acids is 1. The van der Waals surface area contributed by atoms with Gasteiger partial charge in [-0.1, -0.05) is 24.9 Å². The second-order valence-corrected chi connectivity index (χ2v) is 5.82. The number of carboxylic acid groups (broad SMARTS) is 1. The zero-order valence-electron chi connectivity index (χ0n) is 11.6. The van der Waals surface area contributed by atoms with Gasteiger partial charge in [0.2, 0.25) is 5.91 Å². The Hall–Kier alpha value is -1.62. The molecule has 1 amide bonds. The van der Waals surface area contributed by atoms with E-state index in [2.05, 4.69) is 5.32 Å². The van der Waals surface area contributed by atoms with Crippen LogP contribution in [0, 0.1) is 23.6 Å². The van der Waals surface area contributed by atoms with Gasteiger partial charge >= 0.3 is 5.97 Å². The topological polar surface area (TPSA) is 66.4 Å². The fraction of sp³-hybridized carbons (Fsp3) is 0.467. The van der Waals surface area contributed by atoms with Crippen molar-refractivity contribution in [3.8, 4) is 0 Å². The molecule has 21 heavy (non-hydrogen) atoms. The number of hydrogen-bond acceptors (Lipinski definition) is 2. The third-order valence-corrected chi connectivity index (χ3v) is 4.37. The van der Waals surface area contributed by atoms with E-state index in [0.29, 0.717) is 18.5 Å². The fourth-order valence-corrected chi connectivity index (χ4v) is 3.03. The lowest BCUT2D eigenvalue weighted by atomic mass is 9.95. The monoisotopic (exact) mass is 313 g/mol. The molecule has 1 saturated carbocycles. The lowest BCUT2D eigenvalue weighted by Gasteiger charge is -2.15. The molecule has 2 rings (SSSR count). The highest BCUT2D eigenvalue weighted by molar-refractivity contribution is 6.31. The smallest absolute Gasteiger partial charge is 0.307 e. The molecule has 0 aromatic heterocycles. The number of hydrogen-bond donors (Lipinski definition) is 2. The Morgan fingerprint density at radius 2 is 2.05 bits per heavy atom. The van der Waals surface area contributed by atoms with Crippen molar-refractivity contribution >= 4 is 29.2 Å². The van der Waals surface area contributed by atoms with E-state index in [1.165, 1.54) is 12.1 Å². The largest absolute Gasteiger partial charge is 0.481 e. The number of carboxylic acids is 1. The number of halogens is 2. The maximum Gasteiger partial charge on any atom is 0.307 e. The van der Waals surface area contributed by atoms with Gasteiger partial charge in [0.15, 0.2) is 0 Å². The summed E-state index contributed by atoms with van der Waals surface area (Å²) in [7, 11) is 0. The lowest BCUT2D eigenvalue weighted by molar-refractivity contribution is -0.145. The summed E-state index contributed by atoms with van der Waals surface area (Å²) in [4.78, 5) is 23.6. The molecular formula is C15H17ClFNO3. The quantitative estimate of drug-likeness (QED) is 0.893. The number of nitrogens with one attached hydrogen (secondary N) is 1. The number of aliphatic carboxylic acids is 1. The molecule has 4 nitrogen and oxygen atoms in total. The third-order valence-electron chi connectivity index (χ3n) is 4.08. The van der Waals surface area contributed by atoms with Crippen LogP contribution in [0.5, 0.6) is 0 Å². The minimum Gasteiger partial charge on any atom is -0.481 e. The van der Waals surface area contributed by atoms with Crippen LogP contribution in [-0.2, 0) is 9.59 Å². The van der Waals surface area contributed by atoms with Crippen LogP contribution in [0.25, 0.3) is 0 Å². The number of rotatable bonds is 4. The minimum atomic E-state index is -0.941. The fourth-order valence-electron chi connectivity index (χ4n) is 2.85. The first-order valence-corrected chi connectivity index (χ1v) is 7.28.